The standard InChI is InChI=1S/C9H9F3N2O2/c1-9(13,8(11)12)7-5(10)3-2-4-6(7)14(15)16/h2-4,8H,13H2,1H3. The molecule has 0 bridgehead atoms. The Labute approximate surface area is 89.0 Å². The van der Waals surface area contributed by atoms with Crippen LogP contribution in [0.5, 0.6) is 0 Å². The molecule has 1 atom stereocenters. The molecule has 0 aromatic heterocycles. The number of hydrogen-bond acceptors (Lipinski definition) is 3. The molecular weight excluding hydrogens is 225 g/mol. The van der Waals surface area contributed by atoms with Crippen LogP contribution in [0.25, 0.3) is 0 Å². The average Bonchev–Trinajstić information content (AvgIpc) is 2.16. The van der Waals surface area contributed by atoms with E-state index in [9.17, 15) is 23.3 Å². The molecule has 1 aromatic carbocycles. The second-order valence-electron chi connectivity index (χ2n) is 3.47. The van der Waals surface area contributed by atoms with Gasteiger partial charge in [0.15, 0.2) is 0 Å². The summed E-state index contributed by atoms with van der Waals surface area (Å²) in [5.74, 6) is -1.11. The van der Waals surface area contributed by atoms with Crippen LogP contribution in [-0.4, -0.2) is 11.3 Å². The Hall–Kier alpha value is -1.63. The number of nitrogens with zero attached hydrogens (tertiary/aromatic N) is 1. The average molecular weight is 234 g/mol. The van der Waals surface area contributed by atoms with Crippen LogP contribution in [-0.2, 0) is 5.54 Å². The number of nitro benzene ring substituents is 1. The third kappa shape index (κ3) is 1.99. The summed E-state index contributed by atoms with van der Waals surface area (Å²) in [6.07, 6.45) is -3.11. The fourth-order valence-corrected chi connectivity index (χ4v) is 1.31. The molecule has 2 N–H and O–H groups in total. The lowest BCUT2D eigenvalue weighted by Gasteiger charge is -2.23. The molecule has 1 unspecified atom stereocenters. The highest BCUT2D eigenvalue weighted by Crippen LogP contribution is 2.34. The maximum Gasteiger partial charge on any atom is 0.277 e. The lowest BCUT2D eigenvalue weighted by atomic mass is 9.91. The Morgan fingerprint density at radius 2 is 2.06 bits per heavy atom. The Bertz CT molecular complexity index is 421. The number of hydrogen-bond donors (Lipinski definition) is 1. The van der Waals surface area contributed by atoms with Crippen molar-refractivity contribution in [3.05, 3.63) is 39.7 Å². The first-order valence-electron chi connectivity index (χ1n) is 4.29. The van der Waals surface area contributed by atoms with Gasteiger partial charge in [0.05, 0.1) is 10.5 Å². The highest BCUT2D eigenvalue weighted by atomic mass is 19.3. The Morgan fingerprint density at radius 3 is 2.50 bits per heavy atom. The molecule has 0 spiro atoms. The summed E-state index contributed by atoms with van der Waals surface area (Å²) in [6, 6.07) is 2.86. The Balaban J connectivity index is 3.48. The van der Waals surface area contributed by atoms with Crippen molar-refractivity contribution in [3.8, 4) is 0 Å². The van der Waals surface area contributed by atoms with Crippen molar-refractivity contribution < 1.29 is 18.1 Å². The molecule has 0 saturated heterocycles. The first-order chi connectivity index (χ1) is 7.28. The van der Waals surface area contributed by atoms with Gasteiger partial charge >= 0.3 is 0 Å². The van der Waals surface area contributed by atoms with E-state index >= 15 is 0 Å². The summed E-state index contributed by atoms with van der Waals surface area (Å²) in [7, 11) is 0. The number of rotatable bonds is 3. The van der Waals surface area contributed by atoms with Crippen molar-refractivity contribution >= 4 is 5.69 Å². The number of nitrogens with two attached hydrogens (primary N) is 1. The van der Waals surface area contributed by atoms with Crippen LogP contribution in [0.4, 0.5) is 18.9 Å². The fourth-order valence-electron chi connectivity index (χ4n) is 1.31. The van der Waals surface area contributed by atoms with Gasteiger partial charge in [0, 0.05) is 6.07 Å². The van der Waals surface area contributed by atoms with E-state index in [-0.39, 0.29) is 0 Å². The number of halogens is 3. The molecule has 0 aliphatic heterocycles. The van der Waals surface area contributed by atoms with Crippen LogP contribution in [0.3, 0.4) is 0 Å². The first-order valence-corrected chi connectivity index (χ1v) is 4.29. The molecule has 4 nitrogen and oxygen atoms in total. The van der Waals surface area contributed by atoms with Gasteiger partial charge in [0.25, 0.3) is 12.1 Å². The first kappa shape index (κ1) is 12.4. The second kappa shape index (κ2) is 4.09. The minimum Gasteiger partial charge on any atom is -0.317 e. The van der Waals surface area contributed by atoms with E-state index < -0.39 is 34.0 Å². The lowest BCUT2D eigenvalue weighted by Crippen LogP contribution is -2.42. The van der Waals surface area contributed by atoms with Gasteiger partial charge in [-0.25, -0.2) is 13.2 Å². The van der Waals surface area contributed by atoms with Crippen LogP contribution in [0.15, 0.2) is 18.2 Å². The topological polar surface area (TPSA) is 69.2 Å². The quantitative estimate of drug-likeness (QED) is 0.643. The van der Waals surface area contributed by atoms with E-state index in [1.54, 1.807) is 0 Å². The van der Waals surface area contributed by atoms with Crippen LogP contribution < -0.4 is 5.73 Å². The summed E-state index contributed by atoms with van der Waals surface area (Å²) in [4.78, 5) is 9.64. The number of nitro groups is 1. The zero-order chi connectivity index (χ0) is 12.5. The normalized spacial score (nSPS) is 14.9. The summed E-state index contributed by atoms with van der Waals surface area (Å²) < 4.78 is 38.6. The summed E-state index contributed by atoms with van der Waals surface area (Å²) in [6.45, 7) is 0.850. The SMILES string of the molecule is CC(N)(c1c(F)cccc1[N+](=O)[O-])C(F)F. The van der Waals surface area contributed by atoms with Gasteiger partial charge in [-0.15, -0.1) is 0 Å². The van der Waals surface area contributed by atoms with Crippen molar-refractivity contribution in [2.24, 2.45) is 5.73 Å². The highest BCUT2D eigenvalue weighted by molar-refractivity contribution is 5.45. The molecule has 0 aliphatic rings. The predicted octanol–water partition coefficient (Wildman–Crippen LogP) is 2.17. The highest BCUT2D eigenvalue weighted by Gasteiger charge is 2.40. The van der Waals surface area contributed by atoms with Crippen molar-refractivity contribution in [3.63, 3.8) is 0 Å². The molecule has 0 aliphatic carbocycles. The summed E-state index contributed by atoms with van der Waals surface area (Å²) in [5, 5.41) is 10.6. The molecule has 0 fully saturated rings. The molecule has 7 heteroatoms. The lowest BCUT2D eigenvalue weighted by molar-refractivity contribution is -0.386. The molecule has 0 saturated carbocycles. The van der Waals surface area contributed by atoms with Gasteiger partial charge in [-0.3, -0.25) is 10.1 Å². The zero-order valence-corrected chi connectivity index (χ0v) is 8.28. The molecule has 0 heterocycles. The van der Waals surface area contributed by atoms with Gasteiger partial charge in [0.2, 0.25) is 0 Å². The minimum atomic E-state index is -3.11. The van der Waals surface area contributed by atoms with Crippen LogP contribution in [0.1, 0.15) is 12.5 Å². The second-order valence-corrected chi connectivity index (χ2v) is 3.47. The third-order valence-electron chi connectivity index (χ3n) is 2.18. The molecule has 1 aromatic rings. The number of alkyl halides is 2. The van der Waals surface area contributed by atoms with Crippen LogP contribution in [0.2, 0.25) is 0 Å². The summed E-state index contributed by atoms with van der Waals surface area (Å²) >= 11 is 0. The molecule has 88 valence electrons. The monoisotopic (exact) mass is 234 g/mol. The van der Waals surface area contributed by atoms with Crippen molar-refractivity contribution in [2.75, 3.05) is 0 Å². The molecule has 0 radical (unpaired) electrons. The number of benzene rings is 1. The zero-order valence-electron chi connectivity index (χ0n) is 8.28. The summed E-state index contributed by atoms with van der Waals surface area (Å²) in [5.41, 5.74) is 1.30. The van der Waals surface area contributed by atoms with E-state index in [1.165, 1.54) is 0 Å². The van der Waals surface area contributed by atoms with Crippen molar-refractivity contribution in [2.45, 2.75) is 18.9 Å². The van der Waals surface area contributed by atoms with Gasteiger partial charge < -0.3 is 5.73 Å². The van der Waals surface area contributed by atoms with Gasteiger partial charge in [-0.05, 0) is 13.0 Å². The maximum atomic E-state index is 13.3. The molecule has 16 heavy (non-hydrogen) atoms. The van der Waals surface area contributed by atoms with E-state index in [0.29, 0.717) is 0 Å². The van der Waals surface area contributed by atoms with E-state index in [2.05, 4.69) is 0 Å². The van der Waals surface area contributed by atoms with E-state index in [4.69, 9.17) is 5.73 Å². The van der Waals surface area contributed by atoms with Gasteiger partial charge in [-0.1, -0.05) is 6.07 Å². The molecule has 1 rings (SSSR count). The molecular formula is C9H9F3N2O2. The van der Waals surface area contributed by atoms with Gasteiger partial charge in [0.1, 0.15) is 11.4 Å². The largest absolute Gasteiger partial charge is 0.317 e. The van der Waals surface area contributed by atoms with E-state index in [1.807, 2.05) is 0 Å². The van der Waals surface area contributed by atoms with Crippen LogP contribution in [0, 0.1) is 15.9 Å². The van der Waals surface area contributed by atoms with E-state index in [0.717, 1.165) is 25.1 Å². The Morgan fingerprint density at radius 1 is 1.50 bits per heavy atom. The van der Waals surface area contributed by atoms with Crippen LogP contribution >= 0.6 is 0 Å². The smallest absolute Gasteiger partial charge is 0.277 e. The van der Waals surface area contributed by atoms with Crippen molar-refractivity contribution in [1.82, 2.24) is 0 Å². The van der Waals surface area contributed by atoms with Gasteiger partial charge in [-0.2, -0.15) is 0 Å². The third-order valence-corrected chi connectivity index (χ3v) is 2.18. The minimum absolute atomic E-state index is 0.745. The fraction of sp³-hybridized carbons (Fsp3) is 0.333. The molecule has 0 amide bonds. The predicted molar refractivity (Wildman–Crippen MR) is 50.6 cm³/mol. The van der Waals surface area contributed by atoms with Crippen molar-refractivity contribution in [1.29, 1.82) is 0 Å². The Kier molecular flexibility index (Phi) is 3.18. The maximum absolute atomic E-state index is 13.3.